The number of nitrogens with one attached hydrogen (secondary N) is 1. The molecule has 5 heteroatoms. The van der Waals surface area contributed by atoms with Gasteiger partial charge >= 0.3 is 0 Å². The summed E-state index contributed by atoms with van der Waals surface area (Å²) in [7, 11) is 1.65. The van der Waals surface area contributed by atoms with E-state index in [1.165, 1.54) is 38.8 Å². The highest BCUT2D eigenvalue weighted by atomic mass is 16.5. The van der Waals surface area contributed by atoms with E-state index in [0.717, 1.165) is 36.6 Å². The van der Waals surface area contributed by atoms with Crippen LogP contribution in [0.1, 0.15) is 37.7 Å². The normalized spacial score (nSPS) is 20.9. The first-order valence-corrected chi connectivity index (χ1v) is 9.56. The fraction of sp³-hybridized carbons (Fsp3) is 0.650. The van der Waals surface area contributed by atoms with Crippen LogP contribution in [0.25, 0.3) is 0 Å². The largest absolute Gasteiger partial charge is 0.497 e. The predicted octanol–water partition coefficient (Wildman–Crippen LogP) is 2.63. The topological polar surface area (TPSA) is 50.8 Å². The highest BCUT2D eigenvalue weighted by molar-refractivity contribution is 5.79. The van der Waals surface area contributed by atoms with Crippen LogP contribution < -0.4 is 14.8 Å². The Bertz CT molecular complexity index is 568. The zero-order valence-electron chi connectivity index (χ0n) is 15.3. The maximum absolute atomic E-state index is 12.4. The van der Waals surface area contributed by atoms with Crippen molar-refractivity contribution in [3.63, 3.8) is 0 Å². The molecule has 1 saturated heterocycles. The minimum absolute atomic E-state index is 0.101. The lowest BCUT2D eigenvalue weighted by Crippen LogP contribution is -2.38. The standard InChI is InChI=1S/C20H30N2O3/c1-24-18-7-8-19-16(14-18)13-17(15-25-19)20(23)21-9-6-12-22-10-4-2-3-5-11-22/h7-8,14,17H,2-6,9-13,15H2,1H3,(H,21,23). The van der Waals surface area contributed by atoms with Crippen LogP contribution in [0.5, 0.6) is 11.5 Å². The SMILES string of the molecule is COc1ccc2c(c1)CC(C(=O)NCCCN1CCCCCC1)CO2. The molecule has 5 nitrogen and oxygen atoms in total. The smallest absolute Gasteiger partial charge is 0.226 e. The number of amides is 1. The van der Waals surface area contributed by atoms with Crippen molar-refractivity contribution in [2.24, 2.45) is 5.92 Å². The van der Waals surface area contributed by atoms with Crippen LogP contribution in [-0.2, 0) is 11.2 Å². The van der Waals surface area contributed by atoms with E-state index in [1.807, 2.05) is 18.2 Å². The van der Waals surface area contributed by atoms with E-state index in [-0.39, 0.29) is 11.8 Å². The molecule has 25 heavy (non-hydrogen) atoms. The molecular weight excluding hydrogens is 316 g/mol. The van der Waals surface area contributed by atoms with Crippen LogP contribution in [0.4, 0.5) is 0 Å². The highest BCUT2D eigenvalue weighted by Crippen LogP contribution is 2.30. The van der Waals surface area contributed by atoms with Gasteiger partial charge in [-0.15, -0.1) is 0 Å². The molecule has 3 rings (SSSR count). The van der Waals surface area contributed by atoms with Crippen LogP contribution in [0.2, 0.25) is 0 Å². The van der Waals surface area contributed by atoms with Gasteiger partial charge in [0.05, 0.1) is 13.0 Å². The summed E-state index contributed by atoms with van der Waals surface area (Å²) in [5.41, 5.74) is 1.05. The molecule has 0 saturated carbocycles. The van der Waals surface area contributed by atoms with E-state index in [4.69, 9.17) is 9.47 Å². The summed E-state index contributed by atoms with van der Waals surface area (Å²) in [6.45, 7) is 4.71. The third-order valence-corrected chi connectivity index (χ3v) is 5.19. The van der Waals surface area contributed by atoms with Gasteiger partial charge in [0.1, 0.15) is 18.1 Å². The van der Waals surface area contributed by atoms with Gasteiger partial charge in [0, 0.05) is 6.54 Å². The zero-order valence-corrected chi connectivity index (χ0v) is 15.3. The first-order valence-electron chi connectivity index (χ1n) is 9.56. The number of methoxy groups -OCH3 is 1. The monoisotopic (exact) mass is 346 g/mol. The maximum atomic E-state index is 12.4. The molecule has 2 aliphatic rings. The van der Waals surface area contributed by atoms with E-state index < -0.39 is 0 Å². The van der Waals surface area contributed by atoms with Crippen molar-refractivity contribution in [1.82, 2.24) is 10.2 Å². The third kappa shape index (κ3) is 5.11. The molecule has 138 valence electrons. The first kappa shape index (κ1) is 18.1. The molecule has 2 heterocycles. The van der Waals surface area contributed by atoms with Gasteiger partial charge in [0.25, 0.3) is 0 Å². The number of hydrogen-bond donors (Lipinski definition) is 1. The Labute approximate surface area is 150 Å². The van der Waals surface area contributed by atoms with Crippen molar-refractivity contribution in [2.45, 2.75) is 38.5 Å². The van der Waals surface area contributed by atoms with E-state index in [1.54, 1.807) is 7.11 Å². The number of likely N-dealkylation sites (tertiary alicyclic amines) is 1. The first-order chi connectivity index (χ1) is 12.3. The number of fused-ring (bicyclic) bond motifs is 1. The molecule has 1 atom stereocenters. The predicted molar refractivity (Wildman–Crippen MR) is 98.2 cm³/mol. The lowest BCUT2D eigenvalue weighted by Gasteiger charge is -2.25. The van der Waals surface area contributed by atoms with Crippen molar-refractivity contribution in [3.8, 4) is 11.5 Å². The van der Waals surface area contributed by atoms with Crippen LogP contribution >= 0.6 is 0 Å². The molecule has 2 aliphatic heterocycles. The Kier molecular flexibility index (Phi) is 6.56. The molecule has 1 unspecified atom stereocenters. The Morgan fingerprint density at radius 2 is 2.08 bits per heavy atom. The molecular formula is C20H30N2O3. The second-order valence-electron chi connectivity index (χ2n) is 7.09. The molecule has 0 aliphatic carbocycles. The Morgan fingerprint density at radius 3 is 2.84 bits per heavy atom. The Hall–Kier alpha value is -1.75. The molecule has 1 aromatic carbocycles. The fourth-order valence-corrected chi connectivity index (χ4v) is 3.68. The number of ether oxygens (including phenoxy) is 2. The molecule has 1 aromatic rings. The van der Waals surface area contributed by atoms with Crippen LogP contribution in [-0.4, -0.2) is 50.7 Å². The van der Waals surface area contributed by atoms with E-state index in [2.05, 4.69) is 10.2 Å². The van der Waals surface area contributed by atoms with Gasteiger partial charge in [-0.1, -0.05) is 12.8 Å². The van der Waals surface area contributed by atoms with E-state index >= 15 is 0 Å². The average molecular weight is 346 g/mol. The number of carbonyl (C=O) groups excluding carboxylic acids is 1. The number of carbonyl (C=O) groups is 1. The third-order valence-electron chi connectivity index (χ3n) is 5.19. The van der Waals surface area contributed by atoms with Crippen molar-refractivity contribution in [1.29, 1.82) is 0 Å². The second-order valence-corrected chi connectivity index (χ2v) is 7.09. The summed E-state index contributed by atoms with van der Waals surface area (Å²) in [6, 6.07) is 5.78. The van der Waals surface area contributed by atoms with Gasteiger partial charge in [0.15, 0.2) is 0 Å². The van der Waals surface area contributed by atoms with Gasteiger partial charge < -0.3 is 19.7 Å². The summed E-state index contributed by atoms with van der Waals surface area (Å²) in [5, 5.41) is 3.09. The van der Waals surface area contributed by atoms with Gasteiger partial charge in [-0.25, -0.2) is 0 Å². The van der Waals surface area contributed by atoms with Crippen LogP contribution in [0, 0.1) is 5.92 Å². The van der Waals surface area contributed by atoms with Gasteiger partial charge in [0.2, 0.25) is 5.91 Å². The highest BCUT2D eigenvalue weighted by Gasteiger charge is 2.26. The lowest BCUT2D eigenvalue weighted by molar-refractivity contribution is -0.126. The van der Waals surface area contributed by atoms with Crippen molar-refractivity contribution >= 4 is 5.91 Å². The minimum Gasteiger partial charge on any atom is -0.497 e. The summed E-state index contributed by atoms with van der Waals surface area (Å²) < 4.78 is 11.0. The second kappa shape index (κ2) is 9.09. The number of rotatable bonds is 6. The number of benzene rings is 1. The molecule has 0 aromatic heterocycles. The molecule has 0 radical (unpaired) electrons. The summed E-state index contributed by atoms with van der Waals surface area (Å²) in [5.74, 6) is 1.66. The van der Waals surface area contributed by atoms with Crippen LogP contribution in [0.15, 0.2) is 18.2 Å². The quantitative estimate of drug-likeness (QED) is 0.805. The van der Waals surface area contributed by atoms with Gasteiger partial charge in [-0.05, 0) is 69.1 Å². The van der Waals surface area contributed by atoms with E-state index in [9.17, 15) is 4.79 Å². The molecule has 0 bridgehead atoms. The van der Waals surface area contributed by atoms with Gasteiger partial charge in [-0.2, -0.15) is 0 Å². The molecule has 1 N–H and O–H groups in total. The summed E-state index contributed by atoms with van der Waals surface area (Å²) in [4.78, 5) is 15.0. The molecule has 1 amide bonds. The van der Waals surface area contributed by atoms with Gasteiger partial charge in [-0.3, -0.25) is 4.79 Å². The average Bonchev–Trinajstić information content (AvgIpc) is 2.93. The maximum Gasteiger partial charge on any atom is 0.226 e. The summed E-state index contributed by atoms with van der Waals surface area (Å²) in [6.07, 6.45) is 7.08. The lowest BCUT2D eigenvalue weighted by atomic mass is 9.96. The Morgan fingerprint density at radius 1 is 1.28 bits per heavy atom. The molecule has 1 fully saturated rings. The van der Waals surface area contributed by atoms with E-state index in [0.29, 0.717) is 13.0 Å². The van der Waals surface area contributed by atoms with Crippen LogP contribution in [0.3, 0.4) is 0 Å². The van der Waals surface area contributed by atoms with Crippen molar-refractivity contribution in [2.75, 3.05) is 39.9 Å². The molecule has 0 spiro atoms. The zero-order chi connectivity index (χ0) is 17.5. The Balaban J connectivity index is 1.41. The van der Waals surface area contributed by atoms with Crippen molar-refractivity contribution < 1.29 is 14.3 Å². The van der Waals surface area contributed by atoms with Crippen molar-refractivity contribution in [3.05, 3.63) is 23.8 Å². The number of nitrogens with zero attached hydrogens (tertiary/aromatic N) is 1. The number of hydrogen-bond acceptors (Lipinski definition) is 4. The minimum atomic E-state index is -0.113. The fourth-order valence-electron chi connectivity index (χ4n) is 3.68. The summed E-state index contributed by atoms with van der Waals surface area (Å²) >= 11 is 0.